The first-order valence-corrected chi connectivity index (χ1v) is 11.0. The molecular formula is C28H25NO4. The van der Waals surface area contributed by atoms with E-state index in [4.69, 9.17) is 0 Å². The molecule has 0 bridgehead atoms. The Morgan fingerprint density at radius 2 is 1.82 bits per heavy atom. The van der Waals surface area contributed by atoms with Gasteiger partial charge in [-0.05, 0) is 71.7 Å². The molecule has 166 valence electrons. The zero-order valence-corrected chi connectivity index (χ0v) is 18.2. The highest BCUT2D eigenvalue weighted by atomic mass is 16.4. The summed E-state index contributed by atoms with van der Waals surface area (Å²) in [6.45, 7) is 0. The Hall–Kier alpha value is -4.04. The molecule has 4 rings (SSSR count). The van der Waals surface area contributed by atoms with Crippen LogP contribution in [0.1, 0.15) is 48.3 Å². The van der Waals surface area contributed by atoms with Crippen LogP contribution in [-0.4, -0.2) is 22.1 Å². The number of amides is 1. The first-order valence-electron chi connectivity index (χ1n) is 11.0. The van der Waals surface area contributed by atoms with Gasteiger partial charge in [0.2, 0.25) is 5.91 Å². The molecule has 0 spiro atoms. The summed E-state index contributed by atoms with van der Waals surface area (Å²) in [7, 11) is 0. The minimum Gasteiger partial charge on any atom is -0.501 e. The van der Waals surface area contributed by atoms with Crippen LogP contribution >= 0.6 is 0 Å². The molecule has 0 saturated heterocycles. The van der Waals surface area contributed by atoms with Crippen LogP contribution in [0.4, 0.5) is 0 Å². The normalized spacial score (nSPS) is 17.4. The minimum atomic E-state index is -0.964. The van der Waals surface area contributed by atoms with Gasteiger partial charge in [-0.1, -0.05) is 60.3 Å². The number of rotatable bonds is 7. The van der Waals surface area contributed by atoms with Gasteiger partial charge in [0.15, 0.2) is 5.76 Å². The lowest BCUT2D eigenvalue weighted by Gasteiger charge is -2.26. The Labute approximate surface area is 192 Å². The van der Waals surface area contributed by atoms with Crippen molar-refractivity contribution < 1.29 is 19.8 Å². The third-order valence-electron chi connectivity index (χ3n) is 6.03. The van der Waals surface area contributed by atoms with Gasteiger partial charge in [0.05, 0.1) is 5.57 Å². The van der Waals surface area contributed by atoms with Crippen molar-refractivity contribution in [3.63, 3.8) is 0 Å². The van der Waals surface area contributed by atoms with E-state index in [0.29, 0.717) is 30.5 Å². The molecule has 2 aromatic carbocycles. The lowest BCUT2D eigenvalue weighted by Crippen LogP contribution is -2.29. The average Bonchev–Trinajstić information content (AvgIpc) is 2.83. The summed E-state index contributed by atoms with van der Waals surface area (Å²) in [4.78, 5) is 24.4. The highest BCUT2D eigenvalue weighted by Gasteiger charge is 2.26. The quantitative estimate of drug-likeness (QED) is 0.518. The summed E-state index contributed by atoms with van der Waals surface area (Å²) in [5.74, 6) is -0.904. The molecule has 3 N–H and O–H groups in total. The molecule has 5 nitrogen and oxygen atoms in total. The van der Waals surface area contributed by atoms with Gasteiger partial charge in [-0.15, -0.1) is 0 Å². The fourth-order valence-corrected chi connectivity index (χ4v) is 4.25. The number of carboxylic acid groups (broad SMARTS) is 1. The molecule has 1 unspecified atom stereocenters. The first kappa shape index (κ1) is 22.2. The maximum Gasteiger partial charge on any atom is 0.333 e. The van der Waals surface area contributed by atoms with Crippen LogP contribution in [0.15, 0.2) is 95.2 Å². The van der Waals surface area contributed by atoms with Crippen molar-refractivity contribution in [2.75, 3.05) is 0 Å². The number of aryl methyl sites for hydroxylation is 1. The number of aliphatic carboxylic acids is 1. The smallest absolute Gasteiger partial charge is 0.333 e. The van der Waals surface area contributed by atoms with Crippen molar-refractivity contribution in [2.45, 2.75) is 38.0 Å². The molecule has 2 aliphatic rings. The van der Waals surface area contributed by atoms with Gasteiger partial charge in [0.25, 0.3) is 0 Å². The van der Waals surface area contributed by atoms with Crippen molar-refractivity contribution in [3.8, 4) is 0 Å². The molecule has 0 fully saturated rings. The Bertz CT molecular complexity index is 1220. The molecule has 0 saturated carbocycles. The summed E-state index contributed by atoms with van der Waals surface area (Å²) in [5.41, 5.74) is 10.1. The van der Waals surface area contributed by atoms with E-state index in [2.05, 4.69) is 16.8 Å². The second-order valence-corrected chi connectivity index (χ2v) is 8.26. The summed E-state index contributed by atoms with van der Waals surface area (Å²) in [6.07, 6.45) is 5.90. The zero-order chi connectivity index (χ0) is 23.2. The standard InChI is InChI=1S/C28H25NO4/c30-24-8-4-7-22(17-24)21-12-9-19(10-13-21)11-16-27(31)29-26-18-23(14-15-25(26)28(32)33)20-5-2-1-3-6-20/h1-3,5-7,9-10,12-13,17,23,30H,11,14-16,18H2,(H,29,31)(H,32,33). The highest BCUT2D eigenvalue weighted by Crippen LogP contribution is 2.35. The van der Waals surface area contributed by atoms with Crippen LogP contribution < -0.4 is 5.32 Å². The third-order valence-corrected chi connectivity index (χ3v) is 6.03. The number of nitrogens with one attached hydrogen (secondary N) is 1. The molecule has 0 radical (unpaired) electrons. The van der Waals surface area contributed by atoms with E-state index in [9.17, 15) is 19.8 Å². The molecule has 33 heavy (non-hydrogen) atoms. The van der Waals surface area contributed by atoms with Gasteiger partial charge in [0, 0.05) is 12.1 Å². The van der Waals surface area contributed by atoms with Crippen molar-refractivity contribution in [1.82, 2.24) is 5.32 Å². The van der Waals surface area contributed by atoms with Crippen LogP contribution in [0.5, 0.6) is 0 Å². The maximum absolute atomic E-state index is 12.6. The van der Waals surface area contributed by atoms with E-state index >= 15 is 0 Å². The Balaban J connectivity index is 1.37. The van der Waals surface area contributed by atoms with Crippen molar-refractivity contribution >= 4 is 17.4 Å². The van der Waals surface area contributed by atoms with Crippen molar-refractivity contribution in [1.29, 1.82) is 0 Å². The van der Waals surface area contributed by atoms with Crippen LogP contribution in [0.25, 0.3) is 5.57 Å². The van der Waals surface area contributed by atoms with E-state index in [1.807, 2.05) is 54.6 Å². The van der Waals surface area contributed by atoms with Crippen LogP contribution in [-0.2, 0) is 16.0 Å². The van der Waals surface area contributed by atoms with Crippen molar-refractivity contribution in [2.24, 2.45) is 0 Å². The maximum atomic E-state index is 12.6. The molecule has 2 aromatic rings. The van der Waals surface area contributed by atoms with E-state index in [1.165, 1.54) is 0 Å². The van der Waals surface area contributed by atoms with Crippen LogP contribution in [0, 0.1) is 0 Å². The molecular weight excluding hydrogens is 414 g/mol. The van der Waals surface area contributed by atoms with Gasteiger partial charge in [-0.2, -0.15) is 0 Å². The van der Waals surface area contributed by atoms with Gasteiger partial charge in [0.1, 0.15) is 0 Å². The minimum absolute atomic E-state index is 0.0421. The first-order chi connectivity index (χ1) is 16.0. The number of aliphatic hydroxyl groups excluding tert-OH is 1. The molecule has 0 heterocycles. The van der Waals surface area contributed by atoms with Gasteiger partial charge < -0.3 is 15.5 Å². The van der Waals surface area contributed by atoms with Crippen LogP contribution in [0.3, 0.4) is 0 Å². The van der Waals surface area contributed by atoms with Crippen molar-refractivity contribution in [3.05, 3.63) is 112 Å². The third kappa shape index (κ3) is 5.61. The predicted molar refractivity (Wildman–Crippen MR) is 126 cm³/mol. The number of allylic oxidation sites excluding steroid dienone is 4. The SMILES string of the molecule is O=C(CCc1ccc(C2=CC(O)=C=C=C2)cc1)NC1=C(C(=O)O)CCC(c2ccccc2)C1. The summed E-state index contributed by atoms with van der Waals surface area (Å²) >= 11 is 0. The molecule has 0 aromatic heterocycles. The molecule has 1 atom stereocenters. The van der Waals surface area contributed by atoms with E-state index < -0.39 is 5.97 Å². The Kier molecular flexibility index (Phi) is 6.75. The highest BCUT2D eigenvalue weighted by molar-refractivity contribution is 5.89. The van der Waals surface area contributed by atoms with E-state index in [0.717, 1.165) is 28.7 Å². The number of carbonyl (C=O) groups excluding carboxylic acids is 1. The second kappa shape index (κ2) is 10.1. The number of carbonyl (C=O) groups is 2. The summed E-state index contributed by atoms with van der Waals surface area (Å²) in [5, 5.41) is 22.1. The Morgan fingerprint density at radius 1 is 1.06 bits per heavy atom. The van der Waals surface area contributed by atoms with Gasteiger partial charge >= 0.3 is 5.97 Å². The van der Waals surface area contributed by atoms with Gasteiger partial charge in [-0.25, -0.2) is 4.79 Å². The van der Waals surface area contributed by atoms with E-state index in [1.54, 1.807) is 12.2 Å². The van der Waals surface area contributed by atoms with Crippen LogP contribution in [0.2, 0.25) is 0 Å². The lowest BCUT2D eigenvalue weighted by atomic mass is 9.82. The second-order valence-electron chi connectivity index (χ2n) is 8.26. The number of benzene rings is 2. The van der Waals surface area contributed by atoms with Gasteiger partial charge in [-0.3, -0.25) is 4.79 Å². The Morgan fingerprint density at radius 3 is 2.52 bits per heavy atom. The molecule has 0 aliphatic heterocycles. The lowest BCUT2D eigenvalue weighted by molar-refractivity contribution is -0.133. The zero-order valence-electron chi connectivity index (χ0n) is 18.2. The number of hydrogen-bond donors (Lipinski definition) is 3. The number of hydrogen-bond acceptors (Lipinski definition) is 3. The monoisotopic (exact) mass is 439 g/mol. The number of aliphatic hydroxyl groups is 1. The molecule has 2 aliphatic carbocycles. The fraction of sp³-hybridized carbons (Fsp3) is 0.214. The largest absolute Gasteiger partial charge is 0.501 e. The predicted octanol–water partition coefficient (Wildman–Crippen LogP) is 5.19. The fourth-order valence-electron chi connectivity index (χ4n) is 4.25. The number of carboxylic acids is 1. The summed E-state index contributed by atoms with van der Waals surface area (Å²) < 4.78 is 0. The topological polar surface area (TPSA) is 86.6 Å². The molecule has 1 amide bonds. The average molecular weight is 440 g/mol. The summed E-state index contributed by atoms with van der Waals surface area (Å²) in [6, 6.07) is 17.8. The van der Waals surface area contributed by atoms with E-state index in [-0.39, 0.29) is 24.0 Å². The molecule has 5 heteroatoms.